The number of hydrogen-bond acceptors (Lipinski definition) is 3. The minimum atomic E-state index is -0.932. The Hall–Kier alpha value is -3.76. The number of carbonyl (C=O) groups is 2. The van der Waals surface area contributed by atoms with Crippen LogP contribution in [0.1, 0.15) is 28.2 Å². The van der Waals surface area contributed by atoms with Crippen molar-refractivity contribution in [2.45, 2.75) is 11.3 Å². The van der Waals surface area contributed by atoms with Crippen LogP contribution < -0.4 is 4.90 Å². The number of nitrogens with zero attached hydrogens (tertiary/aromatic N) is 1. The smallest absolute Gasteiger partial charge is 0.239 e. The summed E-state index contributed by atoms with van der Waals surface area (Å²) < 4.78 is 0. The van der Waals surface area contributed by atoms with Gasteiger partial charge in [0.05, 0.1) is 29.5 Å². The fourth-order valence-electron chi connectivity index (χ4n) is 6.84. The third-order valence-electron chi connectivity index (χ3n) is 8.05. The van der Waals surface area contributed by atoms with E-state index in [-0.39, 0.29) is 24.3 Å². The van der Waals surface area contributed by atoms with Gasteiger partial charge >= 0.3 is 0 Å². The standard InChI is InChI=1S/C29H21NO3/c31-16-29-21-13-5-3-11-19(21)24(20-12-4-6-14-22(20)29)25-26(29)28(33)30(27(25)32)23-15-7-9-17-8-1-2-10-18(17)23/h1-15,24-26,31H,16H2/t24?,25-,26+,29?/m0/s1. The summed E-state index contributed by atoms with van der Waals surface area (Å²) >= 11 is 0. The van der Waals surface area contributed by atoms with Gasteiger partial charge in [0.25, 0.3) is 0 Å². The normalized spacial score (nSPS) is 26.9. The molecule has 8 rings (SSSR count). The lowest BCUT2D eigenvalue weighted by Crippen LogP contribution is -2.55. The summed E-state index contributed by atoms with van der Waals surface area (Å²) in [5.41, 5.74) is 3.73. The van der Waals surface area contributed by atoms with Gasteiger partial charge < -0.3 is 5.11 Å². The van der Waals surface area contributed by atoms with Crippen molar-refractivity contribution in [2.75, 3.05) is 11.5 Å². The fourth-order valence-corrected chi connectivity index (χ4v) is 6.84. The van der Waals surface area contributed by atoms with Gasteiger partial charge in [-0.15, -0.1) is 0 Å². The van der Waals surface area contributed by atoms with Gasteiger partial charge in [0, 0.05) is 11.3 Å². The van der Waals surface area contributed by atoms with Crippen LogP contribution in [-0.2, 0) is 15.0 Å². The lowest BCUT2D eigenvalue weighted by Gasteiger charge is -2.53. The van der Waals surface area contributed by atoms with E-state index in [0.717, 1.165) is 33.0 Å². The Morgan fingerprint density at radius 3 is 2.03 bits per heavy atom. The molecule has 4 aromatic carbocycles. The van der Waals surface area contributed by atoms with Crippen LogP contribution in [0.3, 0.4) is 0 Å². The number of aliphatic hydroxyl groups excluding tert-OH is 1. The van der Waals surface area contributed by atoms with Crippen molar-refractivity contribution in [1.29, 1.82) is 0 Å². The third kappa shape index (κ3) is 2.10. The second-order valence-corrected chi connectivity index (χ2v) is 9.30. The van der Waals surface area contributed by atoms with E-state index in [9.17, 15) is 14.7 Å². The van der Waals surface area contributed by atoms with Gasteiger partial charge in [-0.1, -0.05) is 84.9 Å². The number of carbonyl (C=O) groups excluding carboxylic acids is 2. The van der Waals surface area contributed by atoms with Gasteiger partial charge in [-0.05, 0) is 33.7 Å². The lowest BCUT2D eigenvalue weighted by molar-refractivity contribution is -0.124. The fraction of sp³-hybridized carbons (Fsp3) is 0.172. The van der Waals surface area contributed by atoms with Crippen LogP contribution in [0.15, 0.2) is 91.0 Å². The minimum absolute atomic E-state index is 0.173. The predicted molar refractivity (Wildman–Crippen MR) is 126 cm³/mol. The van der Waals surface area contributed by atoms with E-state index in [1.54, 1.807) is 0 Å². The first-order valence-corrected chi connectivity index (χ1v) is 11.3. The molecule has 33 heavy (non-hydrogen) atoms. The van der Waals surface area contributed by atoms with Gasteiger partial charge in [0.1, 0.15) is 0 Å². The van der Waals surface area contributed by atoms with E-state index in [0.29, 0.717) is 5.69 Å². The summed E-state index contributed by atoms with van der Waals surface area (Å²) in [6.45, 7) is -0.225. The molecule has 1 heterocycles. The van der Waals surface area contributed by atoms with Crippen molar-refractivity contribution in [1.82, 2.24) is 0 Å². The molecule has 2 atom stereocenters. The second-order valence-electron chi connectivity index (χ2n) is 9.30. The Morgan fingerprint density at radius 2 is 1.33 bits per heavy atom. The molecule has 4 aliphatic rings. The summed E-state index contributed by atoms with van der Waals surface area (Å²) in [4.78, 5) is 29.6. The van der Waals surface area contributed by atoms with Crippen LogP contribution in [0.4, 0.5) is 5.69 Å². The number of rotatable bonds is 2. The van der Waals surface area contributed by atoms with Gasteiger partial charge in [0.2, 0.25) is 11.8 Å². The topological polar surface area (TPSA) is 57.6 Å². The predicted octanol–water partition coefficient (Wildman–Crippen LogP) is 4.38. The molecule has 2 bridgehead atoms. The van der Waals surface area contributed by atoms with E-state index < -0.39 is 17.3 Å². The molecule has 4 heteroatoms. The Labute approximate surface area is 191 Å². The zero-order valence-electron chi connectivity index (χ0n) is 17.8. The Morgan fingerprint density at radius 1 is 0.727 bits per heavy atom. The number of imide groups is 1. The van der Waals surface area contributed by atoms with Crippen molar-refractivity contribution in [3.8, 4) is 0 Å². The van der Waals surface area contributed by atoms with Crippen molar-refractivity contribution in [3.63, 3.8) is 0 Å². The zero-order valence-corrected chi connectivity index (χ0v) is 17.8. The summed E-state index contributed by atoms with van der Waals surface area (Å²) in [7, 11) is 0. The van der Waals surface area contributed by atoms with Crippen LogP contribution in [0.2, 0.25) is 0 Å². The Balaban J connectivity index is 1.52. The van der Waals surface area contributed by atoms with Crippen molar-refractivity contribution >= 4 is 28.3 Å². The Bertz CT molecular complexity index is 1440. The van der Waals surface area contributed by atoms with Crippen molar-refractivity contribution in [2.24, 2.45) is 11.8 Å². The molecule has 0 unspecified atom stereocenters. The van der Waals surface area contributed by atoms with E-state index in [2.05, 4.69) is 12.1 Å². The maximum absolute atomic E-state index is 14.2. The number of benzene rings is 4. The van der Waals surface area contributed by atoms with Gasteiger partial charge in [0.15, 0.2) is 0 Å². The molecular formula is C29H21NO3. The molecule has 0 aromatic heterocycles. The Kier molecular flexibility index (Phi) is 3.64. The maximum Gasteiger partial charge on any atom is 0.239 e. The summed E-state index contributed by atoms with van der Waals surface area (Å²) in [6.07, 6.45) is 0. The van der Waals surface area contributed by atoms with Crippen LogP contribution in [0.25, 0.3) is 10.8 Å². The molecule has 3 aliphatic carbocycles. The summed E-state index contributed by atoms with van der Waals surface area (Å²) in [5.74, 6) is -1.76. The molecule has 1 fully saturated rings. The van der Waals surface area contributed by atoms with E-state index in [1.165, 1.54) is 4.90 Å². The van der Waals surface area contributed by atoms with Crippen molar-refractivity contribution < 1.29 is 14.7 Å². The highest BCUT2D eigenvalue weighted by atomic mass is 16.3. The second kappa shape index (κ2) is 6.40. The molecule has 0 radical (unpaired) electrons. The molecular weight excluding hydrogens is 410 g/mol. The highest BCUT2D eigenvalue weighted by Gasteiger charge is 2.68. The van der Waals surface area contributed by atoms with E-state index in [4.69, 9.17) is 0 Å². The number of anilines is 1. The van der Waals surface area contributed by atoms with Crippen LogP contribution in [0, 0.1) is 11.8 Å². The molecule has 1 aliphatic heterocycles. The molecule has 1 N–H and O–H groups in total. The first-order chi connectivity index (χ1) is 16.2. The van der Waals surface area contributed by atoms with Crippen molar-refractivity contribution in [3.05, 3.63) is 113 Å². The molecule has 2 amide bonds. The monoisotopic (exact) mass is 431 g/mol. The molecule has 4 nitrogen and oxygen atoms in total. The van der Waals surface area contributed by atoms with Crippen LogP contribution in [-0.4, -0.2) is 23.5 Å². The van der Waals surface area contributed by atoms with Crippen LogP contribution in [0.5, 0.6) is 0 Å². The minimum Gasteiger partial charge on any atom is -0.395 e. The van der Waals surface area contributed by atoms with E-state index in [1.807, 2.05) is 78.9 Å². The molecule has 160 valence electrons. The van der Waals surface area contributed by atoms with Crippen LogP contribution >= 0.6 is 0 Å². The number of amides is 2. The largest absolute Gasteiger partial charge is 0.395 e. The highest BCUT2D eigenvalue weighted by Crippen LogP contribution is 2.64. The highest BCUT2D eigenvalue weighted by molar-refractivity contribution is 6.26. The number of aliphatic hydroxyl groups is 1. The first kappa shape index (κ1) is 18.8. The summed E-state index contributed by atoms with van der Waals surface area (Å²) in [5, 5.41) is 12.8. The quantitative estimate of drug-likeness (QED) is 0.479. The first-order valence-electron chi connectivity index (χ1n) is 11.3. The molecule has 4 aromatic rings. The van der Waals surface area contributed by atoms with E-state index >= 15 is 0 Å². The average Bonchev–Trinajstić information content (AvgIpc) is 3.14. The molecule has 0 spiro atoms. The van der Waals surface area contributed by atoms with Gasteiger partial charge in [-0.2, -0.15) is 0 Å². The van der Waals surface area contributed by atoms with Gasteiger partial charge in [-0.3, -0.25) is 9.59 Å². The average molecular weight is 431 g/mol. The molecule has 0 saturated carbocycles. The number of hydrogen-bond donors (Lipinski definition) is 1. The summed E-state index contributed by atoms with van der Waals surface area (Å²) in [6, 6.07) is 29.5. The third-order valence-corrected chi connectivity index (χ3v) is 8.05. The maximum atomic E-state index is 14.2. The lowest BCUT2D eigenvalue weighted by atomic mass is 9.47. The van der Waals surface area contributed by atoms with Gasteiger partial charge in [-0.25, -0.2) is 4.90 Å². The zero-order chi connectivity index (χ0) is 22.3. The number of fused-ring (bicyclic) bond motifs is 1. The SMILES string of the molecule is O=C1[C@H]2C3c4ccccc4C(CO)(c4ccccc43)[C@H]2C(=O)N1c1cccc2ccccc12. The molecule has 1 saturated heterocycles.